The van der Waals surface area contributed by atoms with Gasteiger partial charge >= 0.3 is 0 Å². The van der Waals surface area contributed by atoms with Crippen molar-refractivity contribution in [3.63, 3.8) is 0 Å². The summed E-state index contributed by atoms with van der Waals surface area (Å²) >= 11 is 12.4. The molecule has 1 amide bonds. The molecular weight excluding hydrogens is 389 g/mol. The van der Waals surface area contributed by atoms with Crippen LogP contribution in [0.3, 0.4) is 0 Å². The number of benzene rings is 1. The van der Waals surface area contributed by atoms with Crippen LogP contribution in [0.25, 0.3) is 22.3 Å². The Hall–Kier alpha value is -2.42. The van der Waals surface area contributed by atoms with Crippen molar-refractivity contribution < 1.29 is 4.79 Å². The summed E-state index contributed by atoms with van der Waals surface area (Å²) in [5.74, 6) is -0.242. The highest BCUT2D eigenvalue weighted by molar-refractivity contribution is 6.43. The van der Waals surface area contributed by atoms with E-state index in [0.29, 0.717) is 51.4 Å². The number of rotatable bonds is 3. The topological polar surface area (TPSA) is 127 Å². The molecule has 27 heavy (non-hydrogen) atoms. The average molecular weight is 406 g/mol. The molecule has 1 aliphatic rings. The fourth-order valence-corrected chi connectivity index (χ4v) is 3.61. The van der Waals surface area contributed by atoms with Crippen LogP contribution in [-0.2, 0) is 0 Å². The summed E-state index contributed by atoms with van der Waals surface area (Å²) in [6, 6.07) is 5.35. The van der Waals surface area contributed by atoms with E-state index in [1.165, 1.54) is 0 Å². The number of fused-ring (bicyclic) bond motifs is 1. The number of piperidine rings is 1. The van der Waals surface area contributed by atoms with E-state index in [1.54, 1.807) is 18.2 Å². The van der Waals surface area contributed by atoms with Crippen molar-refractivity contribution in [1.29, 1.82) is 0 Å². The van der Waals surface area contributed by atoms with Crippen molar-refractivity contribution in [2.75, 3.05) is 18.0 Å². The molecule has 0 unspecified atom stereocenters. The molecule has 0 atom stereocenters. The summed E-state index contributed by atoms with van der Waals surface area (Å²) in [5, 5.41) is 8.28. The predicted molar refractivity (Wildman–Crippen MR) is 105 cm³/mol. The Morgan fingerprint density at radius 2 is 1.96 bits per heavy atom. The average Bonchev–Trinajstić information content (AvgIpc) is 3.07. The minimum absolute atomic E-state index is 0.0877. The molecule has 5 N–H and O–H groups in total. The van der Waals surface area contributed by atoms with Gasteiger partial charge in [0, 0.05) is 24.7 Å². The summed E-state index contributed by atoms with van der Waals surface area (Å²) < 4.78 is 0. The van der Waals surface area contributed by atoms with Gasteiger partial charge in [-0.1, -0.05) is 35.3 Å². The Labute approximate surface area is 164 Å². The van der Waals surface area contributed by atoms with Crippen LogP contribution in [0.5, 0.6) is 0 Å². The number of aromatic nitrogens is 4. The van der Waals surface area contributed by atoms with Crippen LogP contribution in [0.2, 0.25) is 10.0 Å². The monoisotopic (exact) mass is 405 g/mol. The van der Waals surface area contributed by atoms with E-state index in [9.17, 15) is 4.79 Å². The van der Waals surface area contributed by atoms with Gasteiger partial charge in [0.2, 0.25) is 5.95 Å². The molecular formula is C17H17Cl2N7O. The molecule has 3 heterocycles. The number of nitrogens with zero attached hydrogens (tertiary/aromatic N) is 4. The fraction of sp³-hybridized carbons (Fsp3) is 0.294. The number of aromatic amines is 1. The second kappa shape index (κ2) is 6.95. The lowest BCUT2D eigenvalue weighted by Gasteiger charge is -2.30. The molecule has 0 saturated carbocycles. The Bertz CT molecular complexity index is 1030. The highest BCUT2D eigenvalue weighted by Gasteiger charge is 2.25. The van der Waals surface area contributed by atoms with Gasteiger partial charge in [-0.15, -0.1) is 0 Å². The SMILES string of the molecule is NC(=O)c1nc(N2CCC(N)CC2)nc2[nH]nc(-c3cccc(Cl)c3Cl)c12. The molecule has 1 saturated heterocycles. The normalized spacial score (nSPS) is 15.4. The summed E-state index contributed by atoms with van der Waals surface area (Å²) in [6.07, 6.45) is 1.67. The number of nitrogens with one attached hydrogen (secondary N) is 1. The van der Waals surface area contributed by atoms with Crippen molar-refractivity contribution in [1.82, 2.24) is 20.2 Å². The molecule has 0 spiro atoms. The Morgan fingerprint density at radius 1 is 1.22 bits per heavy atom. The molecule has 1 aromatic carbocycles. The third-order valence-corrected chi connectivity index (χ3v) is 5.49. The zero-order chi connectivity index (χ0) is 19.1. The number of carbonyl (C=O) groups excluding carboxylic acids is 1. The van der Waals surface area contributed by atoms with E-state index in [4.69, 9.17) is 34.7 Å². The largest absolute Gasteiger partial charge is 0.364 e. The van der Waals surface area contributed by atoms with Crippen molar-refractivity contribution in [2.45, 2.75) is 18.9 Å². The maximum Gasteiger partial charge on any atom is 0.268 e. The van der Waals surface area contributed by atoms with Crippen LogP contribution in [0.15, 0.2) is 18.2 Å². The third kappa shape index (κ3) is 3.20. The number of primary amides is 1. The maximum atomic E-state index is 12.1. The lowest BCUT2D eigenvalue weighted by Crippen LogP contribution is -2.40. The molecule has 3 aromatic rings. The van der Waals surface area contributed by atoms with Crippen molar-refractivity contribution in [3.05, 3.63) is 33.9 Å². The van der Waals surface area contributed by atoms with Gasteiger partial charge in [0.1, 0.15) is 11.4 Å². The smallest absolute Gasteiger partial charge is 0.268 e. The van der Waals surface area contributed by atoms with E-state index < -0.39 is 5.91 Å². The fourth-order valence-electron chi connectivity index (χ4n) is 3.22. The first kappa shape index (κ1) is 18.0. The molecule has 140 valence electrons. The van der Waals surface area contributed by atoms with Crippen LogP contribution >= 0.6 is 23.2 Å². The molecule has 4 rings (SSSR count). The highest BCUT2D eigenvalue weighted by atomic mass is 35.5. The van der Waals surface area contributed by atoms with E-state index in [0.717, 1.165) is 12.8 Å². The van der Waals surface area contributed by atoms with Gasteiger partial charge in [0.15, 0.2) is 5.65 Å². The Balaban J connectivity index is 1.87. The maximum absolute atomic E-state index is 12.1. The van der Waals surface area contributed by atoms with Gasteiger partial charge < -0.3 is 16.4 Å². The number of anilines is 1. The van der Waals surface area contributed by atoms with Gasteiger partial charge in [0.05, 0.1) is 15.4 Å². The molecule has 0 radical (unpaired) electrons. The zero-order valence-corrected chi connectivity index (χ0v) is 15.8. The Kier molecular flexibility index (Phi) is 4.63. The van der Waals surface area contributed by atoms with Gasteiger partial charge in [-0.3, -0.25) is 9.89 Å². The van der Waals surface area contributed by atoms with E-state index in [-0.39, 0.29) is 11.7 Å². The Morgan fingerprint density at radius 3 is 2.67 bits per heavy atom. The van der Waals surface area contributed by atoms with Gasteiger partial charge in [-0.2, -0.15) is 10.1 Å². The lowest BCUT2D eigenvalue weighted by molar-refractivity contribution is 0.0997. The van der Waals surface area contributed by atoms with E-state index in [2.05, 4.69) is 20.2 Å². The summed E-state index contributed by atoms with van der Waals surface area (Å²) in [4.78, 5) is 23.1. The number of nitrogens with two attached hydrogens (primary N) is 2. The van der Waals surface area contributed by atoms with Crippen LogP contribution in [-0.4, -0.2) is 45.2 Å². The first-order valence-electron chi connectivity index (χ1n) is 8.46. The van der Waals surface area contributed by atoms with Gasteiger partial charge in [-0.05, 0) is 18.9 Å². The van der Waals surface area contributed by atoms with Gasteiger partial charge in [-0.25, -0.2) is 4.98 Å². The zero-order valence-electron chi connectivity index (χ0n) is 14.2. The molecule has 1 fully saturated rings. The lowest BCUT2D eigenvalue weighted by atomic mass is 10.1. The summed E-state index contributed by atoms with van der Waals surface area (Å²) in [7, 11) is 0. The summed E-state index contributed by atoms with van der Waals surface area (Å²) in [5.41, 5.74) is 13.1. The van der Waals surface area contributed by atoms with Crippen molar-refractivity contribution >= 4 is 46.1 Å². The van der Waals surface area contributed by atoms with Crippen LogP contribution in [0.4, 0.5) is 5.95 Å². The molecule has 2 aromatic heterocycles. The number of halogens is 2. The molecule has 0 bridgehead atoms. The minimum atomic E-state index is -0.668. The predicted octanol–water partition coefficient (Wildman–Crippen LogP) is 2.35. The summed E-state index contributed by atoms with van der Waals surface area (Å²) in [6.45, 7) is 1.43. The molecule has 10 heteroatoms. The standard InChI is InChI=1S/C17H17Cl2N7O/c18-10-3-1-2-9(12(10)19)13-11-14(15(21)27)22-17(23-16(11)25-24-13)26-6-4-8(20)5-7-26/h1-3,8H,4-7,20H2,(H2,21,27)(H,22,23,24,25). The number of carbonyl (C=O) groups is 1. The number of amides is 1. The third-order valence-electron chi connectivity index (χ3n) is 4.67. The number of H-pyrrole nitrogens is 1. The van der Waals surface area contributed by atoms with E-state index in [1.807, 2.05) is 4.90 Å². The van der Waals surface area contributed by atoms with Crippen molar-refractivity contribution in [3.8, 4) is 11.3 Å². The number of hydrogen-bond donors (Lipinski definition) is 3. The second-order valence-corrected chi connectivity index (χ2v) is 7.24. The van der Waals surface area contributed by atoms with Crippen molar-refractivity contribution in [2.24, 2.45) is 11.5 Å². The molecule has 0 aliphatic carbocycles. The van der Waals surface area contributed by atoms with Crippen LogP contribution in [0.1, 0.15) is 23.3 Å². The van der Waals surface area contributed by atoms with Gasteiger partial charge in [0.25, 0.3) is 5.91 Å². The van der Waals surface area contributed by atoms with Crippen LogP contribution in [0, 0.1) is 0 Å². The number of hydrogen-bond acceptors (Lipinski definition) is 6. The molecule has 1 aliphatic heterocycles. The van der Waals surface area contributed by atoms with Crippen LogP contribution < -0.4 is 16.4 Å². The highest BCUT2D eigenvalue weighted by Crippen LogP contribution is 2.36. The van der Waals surface area contributed by atoms with E-state index >= 15 is 0 Å². The quantitative estimate of drug-likeness (QED) is 0.613. The first-order valence-corrected chi connectivity index (χ1v) is 9.22. The second-order valence-electron chi connectivity index (χ2n) is 6.46. The first-order chi connectivity index (χ1) is 13.0. The molecule has 8 nitrogen and oxygen atoms in total. The minimum Gasteiger partial charge on any atom is -0.364 e.